The quantitative estimate of drug-likeness (QED) is 0.772. The highest BCUT2D eigenvalue weighted by Gasteiger charge is 2.19. The maximum absolute atomic E-state index is 11.5. The molecule has 1 aromatic heterocycles. The minimum Gasteiger partial charge on any atom is -0.310 e. The maximum atomic E-state index is 11.5. The Morgan fingerprint density at radius 3 is 2.87 bits per heavy atom. The van der Waals surface area contributed by atoms with E-state index >= 15 is 0 Å². The molecule has 1 aromatic carbocycles. The lowest BCUT2D eigenvalue weighted by Gasteiger charge is -2.19. The summed E-state index contributed by atoms with van der Waals surface area (Å²) in [6, 6.07) is 9.39. The molecule has 1 amide bonds. The Morgan fingerprint density at radius 1 is 1.26 bits per heavy atom. The number of aromatic nitrogens is 1. The number of benzene rings is 1. The van der Waals surface area contributed by atoms with Crippen LogP contribution in [0, 0.1) is 0 Å². The fraction of sp³-hybridized carbons (Fsp3) is 0.200. The number of anilines is 1. The number of amides is 1. The van der Waals surface area contributed by atoms with Gasteiger partial charge in [-0.3, -0.25) is 4.79 Å². The second-order valence-corrected chi connectivity index (χ2v) is 6.68. The first-order chi connectivity index (χ1) is 10.9. The average Bonchev–Trinajstić information content (AvgIpc) is 2.52. The summed E-state index contributed by atoms with van der Waals surface area (Å²) >= 11 is 0. The number of rotatable bonds is 4. The average molecular weight is 332 g/mol. The van der Waals surface area contributed by atoms with Gasteiger partial charge in [0.1, 0.15) is 5.82 Å². The first-order valence-corrected chi connectivity index (χ1v) is 8.61. The molecule has 0 saturated carbocycles. The Balaban J connectivity index is 1.94. The minimum absolute atomic E-state index is 0.0340. The van der Waals surface area contributed by atoms with Gasteiger partial charge in [0.2, 0.25) is 5.91 Å². The van der Waals surface area contributed by atoms with E-state index in [4.69, 9.17) is 5.14 Å². The molecular weight excluding hydrogens is 316 g/mol. The Kier molecular flexibility index (Phi) is 4.12. The van der Waals surface area contributed by atoms with Crippen molar-refractivity contribution < 1.29 is 13.2 Å². The summed E-state index contributed by atoms with van der Waals surface area (Å²) in [5.74, 6) is 0.556. The largest absolute Gasteiger partial charge is 0.310 e. The minimum atomic E-state index is -3.73. The molecule has 0 fully saturated rings. The number of nitrogens with two attached hydrogens (primary N) is 1. The lowest BCUT2D eigenvalue weighted by molar-refractivity contribution is -0.116. The van der Waals surface area contributed by atoms with Crippen molar-refractivity contribution >= 4 is 21.9 Å². The number of carbonyl (C=O) groups excluding carboxylic acids is 1. The molecule has 8 heteroatoms. The predicted octanol–water partition coefficient (Wildman–Crippen LogP) is 0.926. The van der Waals surface area contributed by atoms with Crippen LogP contribution in [0.15, 0.2) is 36.5 Å². The first kappa shape index (κ1) is 15.6. The highest BCUT2D eigenvalue weighted by atomic mass is 32.2. The summed E-state index contributed by atoms with van der Waals surface area (Å²) in [7, 11) is -3.73. The molecule has 1 aliphatic heterocycles. The second-order valence-electron chi connectivity index (χ2n) is 5.30. The van der Waals surface area contributed by atoms with Crippen LogP contribution < -0.4 is 15.2 Å². The molecule has 0 saturated heterocycles. The zero-order chi connectivity index (χ0) is 16.4. The van der Waals surface area contributed by atoms with Gasteiger partial charge in [0.05, 0.1) is 0 Å². The van der Waals surface area contributed by atoms with E-state index in [1.54, 1.807) is 6.20 Å². The van der Waals surface area contributed by atoms with Crippen LogP contribution >= 0.6 is 0 Å². The summed E-state index contributed by atoms with van der Waals surface area (Å²) in [5.41, 5.74) is 3.70. The number of carbonyl (C=O) groups is 1. The number of hydrogen-bond acceptors (Lipinski definition) is 4. The Bertz CT molecular complexity index is 865. The van der Waals surface area contributed by atoms with E-state index in [1.807, 2.05) is 30.3 Å². The molecule has 120 valence electrons. The summed E-state index contributed by atoms with van der Waals surface area (Å²) in [5, 5.41) is 7.72. The van der Waals surface area contributed by atoms with Gasteiger partial charge < -0.3 is 5.32 Å². The van der Waals surface area contributed by atoms with Gasteiger partial charge >= 0.3 is 0 Å². The van der Waals surface area contributed by atoms with Crippen molar-refractivity contribution in [1.82, 2.24) is 9.71 Å². The van der Waals surface area contributed by atoms with Crippen molar-refractivity contribution in [1.29, 1.82) is 0 Å². The molecule has 0 bridgehead atoms. The maximum Gasteiger partial charge on any atom is 0.274 e. The van der Waals surface area contributed by atoms with Crippen LogP contribution in [0.3, 0.4) is 0 Å². The molecule has 0 radical (unpaired) electrons. The number of nitrogens with zero attached hydrogens (tertiary/aromatic N) is 1. The summed E-state index contributed by atoms with van der Waals surface area (Å²) < 4.78 is 24.3. The topological polar surface area (TPSA) is 114 Å². The fourth-order valence-electron chi connectivity index (χ4n) is 2.59. The van der Waals surface area contributed by atoms with E-state index in [-0.39, 0.29) is 12.5 Å². The SMILES string of the molecule is NS(=O)(=O)NCc1cccc(-c2ccnc3c2CCC(=O)N3)c1. The van der Waals surface area contributed by atoms with E-state index in [9.17, 15) is 13.2 Å². The number of pyridine rings is 1. The van der Waals surface area contributed by atoms with E-state index in [0.29, 0.717) is 18.7 Å². The monoisotopic (exact) mass is 332 g/mol. The van der Waals surface area contributed by atoms with E-state index in [1.165, 1.54) is 0 Å². The lowest BCUT2D eigenvalue weighted by atomic mass is 9.94. The highest BCUT2D eigenvalue weighted by Crippen LogP contribution is 2.31. The van der Waals surface area contributed by atoms with Gasteiger partial charge in [-0.05, 0) is 35.2 Å². The zero-order valence-corrected chi connectivity index (χ0v) is 13.1. The smallest absolute Gasteiger partial charge is 0.274 e. The molecule has 0 spiro atoms. The van der Waals surface area contributed by atoms with Crippen molar-refractivity contribution in [3.63, 3.8) is 0 Å². The van der Waals surface area contributed by atoms with E-state index in [2.05, 4.69) is 15.0 Å². The van der Waals surface area contributed by atoms with Gasteiger partial charge in [-0.1, -0.05) is 18.2 Å². The van der Waals surface area contributed by atoms with Gasteiger partial charge in [-0.15, -0.1) is 0 Å². The summed E-state index contributed by atoms with van der Waals surface area (Å²) in [6.45, 7) is 0.122. The van der Waals surface area contributed by atoms with Crippen LogP contribution in [0.1, 0.15) is 17.5 Å². The number of hydrogen-bond donors (Lipinski definition) is 3. The van der Waals surface area contributed by atoms with Crippen molar-refractivity contribution in [3.05, 3.63) is 47.7 Å². The molecule has 7 nitrogen and oxygen atoms in total. The van der Waals surface area contributed by atoms with Crippen LogP contribution in [-0.4, -0.2) is 19.3 Å². The standard InChI is InChI=1S/C15H16N4O3S/c16-23(21,22)18-9-10-2-1-3-11(8-10)12-6-7-17-15-13(12)4-5-14(20)19-15/h1-3,6-8,18H,4-5,9H2,(H2,16,21,22)(H,17,19,20). The van der Waals surface area contributed by atoms with Gasteiger partial charge in [0, 0.05) is 24.7 Å². The third-order valence-electron chi connectivity index (χ3n) is 3.63. The molecule has 2 aromatic rings. The molecule has 2 heterocycles. The third-order valence-corrected chi connectivity index (χ3v) is 4.18. The van der Waals surface area contributed by atoms with Crippen LogP contribution in [-0.2, 0) is 28.0 Å². The molecule has 0 atom stereocenters. The van der Waals surface area contributed by atoms with Gasteiger partial charge in [0.25, 0.3) is 10.2 Å². The summed E-state index contributed by atoms with van der Waals surface area (Å²) in [4.78, 5) is 15.7. The van der Waals surface area contributed by atoms with Crippen molar-refractivity contribution in [2.24, 2.45) is 5.14 Å². The van der Waals surface area contributed by atoms with Crippen LogP contribution in [0.5, 0.6) is 0 Å². The van der Waals surface area contributed by atoms with Crippen molar-refractivity contribution in [2.75, 3.05) is 5.32 Å². The third kappa shape index (κ3) is 3.73. The van der Waals surface area contributed by atoms with Crippen LogP contribution in [0.4, 0.5) is 5.82 Å². The fourth-order valence-corrected chi connectivity index (χ4v) is 2.96. The Morgan fingerprint density at radius 2 is 2.09 bits per heavy atom. The molecule has 1 aliphatic rings. The molecule has 3 rings (SSSR count). The van der Waals surface area contributed by atoms with Crippen molar-refractivity contribution in [2.45, 2.75) is 19.4 Å². The summed E-state index contributed by atoms with van der Waals surface area (Å²) in [6.07, 6.45) is 2.71. The molecule has 0 unspecified atom stereocenters. The Hall–Kier alpha value is -2.29. The van der Waals surface area contributed by atoms with Gasteiger partial charge in [-0.2, -0.15) is 13.1 Å². The van der Waals surface area contributed by atoms with Gasteiger partial charge in [0.15, 0.2) is 0 Å². The molecule has 0 aliphatic carbocycles. The van der Waals surface area contributed by atoms with E-state index in [0.717, 1.165) is 22.3 Å². The second kappa shape index (κ2) is 6.07. The Labute approximate surface area is 134 Å². The molecule has 4 N–H and O–H groups in total. The van der Waals surface area contributed by atoms with E-state index < -0.39 is 10.2 Å². The lowest BCUT2D eigenvalue weighted by Crippen LogP contribution is -2.30. The van der Waals surface area contributed by atoms with Crippen LogP contribution in [0.25, 0.3) is 11.1 Å². The zero-order valence-electron chi connectivity index (χ0n) is 12.2. The normalized spacial score (nSPS) is 14.2. The highest BCUT2D eigenvalue weighted by molar-refractivity contribution is 7.87. The van der Waals surface area contributed by atoms with Crippen LogP contribution in [0.2, 0.25) is 0 Å². The first-order valence-electron chi connectivity index (χ1n) is 7.07. The van der Waals surface area contributed by atoms with Crippen molar-refractivity contribution in [3.8, 4) is 11.1 Å². The predicted molar refractivity (Wildman–Crippen MR) is 86.6 cm³/mol. The van der Waals surface area contributed by atoms with Gasteiger partial charge in [-0.25, -0.2) is 10.1 Å². The molecule has 23 heavy (non-hydrogen) atoms. The molecular formula is C15H16N4O3S. The number of fused-ring (bicyclic) bond motifs is 1. The number of nitrogens with one attached hydrogen (secondary N) is 2.